The standard InChI is InChI=1S/C21H19ClN2O3/c1-3-26-21(25)14(2)11-15-7-9-17(10-8-15)20-23-19(24-27-20)13-16-5-4-6-18(22)12-16/h4-12H,3,13H2,1-2H3/b14-11+. The normalized spacial score (nSPS) is 11.4. The Labute approximate surface area is 162 Å². The molecular formula is C21H19ClN2O3. The number of carbonyl (C=O) groups excluding carboxylic acids is 1. The Kier molecular flexibility index (Phi) is 6.04. The van der Waals surface area contributed by atoms with Crippen LogP contribution in [0.3, 0.4) is 0 Å². The molecule has 1 heterocycles. The third-order valence-electron chi connectivity index (χ3n) is 3.86. The highest BCUT2D eigenvalue weighted by atomic mass is 35.5. The number of hydrogen-bond donors (Lipinski definition) is 0. The zero-order valence-corrected chi connectivity index (χ0v) is 15.9. The Morgan fingerprint density at radius 3 is 2.70 bits per heavy atom. The predicted molar refractivity (Wildman–Crippen MR) is 104 cm³/mol. The van der Waals surface area contributed by atoms with Crippen LogP contribution in [0.25, 0.3) is 17.5 Å². The summed E-state index contributed by atoms with van der Waals surface area (Å²) in [7, 11) is 0. The maximum absolute atomic E-state index is 11.7. The van der Waals surface area contributed by atoms with Gasteiger partial charge in [0.15, 0.2) is 5.82 Å². The SMILES string of the molecule is CCOC(=O)/C(C)=C/c1ccc(-c2nc(Cc3cccc(Cl)c3)no2)cc1. The van der Waals surface area contributed by atoms with Crippen molar-refractivity contribution in [1.29, 1.82) is 0 Å². The number of aromatic nitrogens is 2. The van der Waals surface area contributed by atoms with E-state index in [1.165, 1.54) is 0 Å². The highest BCUT2D eigenvalue weighted by Crippen LogP contribution is 2.20. The molecule has 0 bridgehead atoms. The van der Waals surface area contributed by atoms with Crippen LogP contribution >= 0.6 is 11.6 Å². The second kappa shape index (κ2) is 8.64. The number of benzene rings is 2. The van der Waals surface area contributed by atoms with Gasteiger partial charge in [-0.1, -0.05) is 41.0 Å². The van der Waals surface area contributed by atoms with Crippen molar-refractivity contribution < 1.29 is 14.1 Å². The molecule has 0 fully saturated rings. The minimum atomic E-state index is -0.316. The number of ether oxygens (including phenoxy) is 1. The first-order valence-electron chi connectivity index (χ1n) is 8.58. The zero-order chi connectivity index (χ0) is 19.2. The number of carbonyl (C=O) groups is 1. The number of halogens is 1. The molecule has 0 spiro atoms. The fourth-order valence-electron chi connectivity index (χ4n) is 2.55. The van der Waals surface area contributed by atoms with Gasteiger partial charge in [0.25, 0.3) is 5.89 Å². The van der Waals surface area contributed by atoms with Crippen LogP contribution in [0.4, 0.5) is 0 Å². The summed E-state index contributed by atoms with van der Waals surface area (Å²) in [5.41, 5.74) is 3.27. The van der Waals surface area contributed by atoms with E-state index < -0.39 is 0 Å². The molecule has 0 atom stereocenters. The van der Waals surface area contributed by atoms with Gasteiger partial charge in [-0.3, -0.25) is 0 Å². The molecule has 6 heteroatoms. The van der Waals surface area contributed by atoms with Crippen molar-refractivity contribution in [2.75, 3.05) is 6.61 Å². The van der Waals surface area contributed by atoms with Gasteiger partial charge >= 0.3 is 5.97 Å². The summed E-state index contributed by atoms with van der Waals surface area (Å²) in [6, 6.07) is 15.1. The van der Waals surface area contributed by atoms with Crippen molar-refractivity contribution in [2.24, 2.45) is 0 Å². The minimum Gasteiger partial charge on any atom is -0.463 e. The van der Waals surface area contributed by atoms with Gasteiger partial charge in [-0.25, -0.2) is 4.79 Å². The number of rotatable bonds is 6. The Hall–Kier alpha value is -2.92. The molecule has 0 N–H and O–H groups in total. The van der Waals surface area contributed by atoms with Crippen molar-refractivity contribution in [3.63, 3.8) is 0 Å². The van der Waals surface area contributed by atoms with Crippen LogP contribution in [0.1, 0.15) is 30.8 Å². The first-order chi connectivity index (χ1) is 13.0. The van der Waals surface area contributed by atoms with Crippen LogP contribution in [0.2, 0.25) is 5.02 Å². The third-order valence-corrected chi connectivity index (χ3v) is 4.09. The first-order valence-corrected chi connectivity index (χ1v) is 8.96. The summed E-state index contributed by atoms with van der Waals surface area (Å²) in [5, 5.41) is 4.71. The summed E-state index contributed by atoms with van der Waals surface area (Å²) in [5.74, 6) is 0.725. The van der Waals surface area contributed by atoms with Gasteiger partial charge in [-0.05, 0) is 55.3 Å². The molecule has 0 aliphatic carbocycles. The summed E-state index contributed by atoms with van der Waals surface area (Å²) < 4.78 is 10.3. The molecule has 27 heavy (non-hydrogen) atoms. The maximum Gasteiger partial charge on any atom is 0.333 e. The smallest absolute Gasteiger partial charge is 0.333 e. The van der Waals surface area contributed by atoms with Gasteiger partial charge in [0.1, 0.15) is 0 Å². The highest BCUT2D eigenvalue weighted by Gasteiger charge is 2.10. The van der Waals surface area contributed by atoms with Gasteiger partial charge in [0, 0.05) is 22.6 Å². The van der Waals surface area contributed by atoms with Gasteiger partial charge in [0.05, 0.1) is 6.61 Å². The minimum absolute atomic E-state index is 0.316. The second-order valence-electron chi connectivity index (χ2n) is 5.99. The van der Waals surface area contributed by atoms with Crippen LogP contribution in [-0.4, -0.2) is 22.7 Å². The number of hydrogen-bond acceptors (Lipinski definition) is 5. The molecule has 0 radical (unpaired) electrons. The van der Waals surface area contributed by atoms with Crippen molar-refractivity contribution in [3.8, 4) is 11.5 Å². The van der Waals surface area contributed by atoms with Gasteiger partial charge in [-0.2, -0.15) is 4.98 Å². The molecule has 0 unspecified atom stereocenters. The lowest BCUT2D eigenvalue weighted by molar-refractivity contribution is -0.138. The third kappa shape index (κ3) is 5.05. The second-order valence-corrected chi connectivity index (χ2v) is 6.43. The molecule has 0 aliphatic heterocycles. The van der Waals surface area contributed by atoms with Gasteiger partial charge in [0.2, 0.25) is 0 Å². The monoisotopic (exact) mass is 382 g/mol. The van der Waals surface area contributed by atoms with Crippen molar-refractivity contribution in [2.45, 2.75) is 20.3 Å². The Balaban J connectivity index is 1.71. The molecular weight excluding hydrogens is 364 g/mol. The van der Waals surface area contributed by atoms with Crippen LogP contribution in [-0.2, 0) is 16.0 Å². The van der Waals surface area contributed by atoms with Gasteiger partial charge in [-0.15, -0.1) is 0 Å². The quantitative estimate of drug-likeness (QED) is 0.446. The van der Waals surface area contributed by atoms with Gasteiger partial charge < -0.3 is 9.26 Å². The fourth-order valence-corrected chi connectivity index (χ4v) is 2.76. The van der Waals surface area contributed by atoms with E-state index in [9.17, 15) is 4.79 Å². The van der Waals surface area contributed by atoms with Crippen molar-refractivity contribution in [1.82, 2.24) is 10.1 Å². The van der Waals surface area contributed by atoms with E-state index >= 15 is 0 Å². The van der Waals surface area contributed by atoms with E-state index in [0.29, 0.717) is 35.3 Å². The van der Waals surface area contributed by atoms with E-state index in [4.69, 9.17) is 20.9 Å². The highest BCUT2D eigenvalue weighted by molar-refractivity contribution is 6.30. The average molecular weight is 383 g/mol. The molecule has 0 aliphatic rings. The summed E-state index contributed by atoms with van der Waals surface area (Å²) >= 11 is 6.00. The maximum atomic E-state index is 11.7. The molecule has 0 amide bonds. The first kappa shape index (κ1) is 18.9. The Bertz CT molecular complexity index is 962. The molecule has 0 saturated heterocycles. The molecule has 0 saturated carbocycles. The Morgan fingerprint density at radius 2 is 2.00 bits per heavy atom. The lowest BCUT2D eigenvalue weighted by Crippen LogP contribution is -2.04. The molecule has 2 aromatic carbocycles. The lowest BCUT2D eigenvalue weighted by Gasteiger charge is -2.02. The lowest BCUT2D eigenvalue weighted by atomic mass is 10.1. The Morgan fingerprint density at radius 1 is 1.22 bits per heavy atom. The van der Waals surface area contributed by atoms with E-state index in [-0.39, 0.29) is 5.97 Å². The van der Waals surface area contributed by atoms with Crippen molar-refractivity contribution >= 4 is 23.6 Å². The summed E-state index contributed by atoms with van der Waals surface area (Å²) in [6.07, 6.45) is 2.32. The molecule has 3 rings (SSSR count). The topological polar surface area (TPSA) is 65.2 Å². The largest absolute Gasteiger partial charge is 0.463 e. The number of nitrogens with zero attached hydrogens (tertiary/aromatic N) is 2. The van der Waals surface area contributed by atoms with E-state index in [1.54, 1.807) is 19.9 Å². The fraction of sp³-hybridized carbons (Fsp3) is 0.190. The van der Waals surface area contributed by atoms with Crippen LogP contribution in [0.15, 0.2) is 58.6 Å². The summed E-state index contributed by atoms with van der Waals surface area (Å²) in [6.45, 7) is 3.87. The average Bonchev–Trinajstić information content (AvgIpc) is 3.11. The number of esters is 1. The molecule has 1 aromatic heterocycles. The molecule has 5 nitrogen and oxygen atoms in total. The zero-order valence-electron chi connectivity index (χ0n) is 15.1. The van der Waals surface area contributed by atoms with E-state index in [1.807, 2.05) is 48.5 Å². The molecule has 138 valence electrons. The van der Waals surface area contributed by atoms with Crippen molar-refractivity contribution in [3.05, 3.63) is 76.1 Å². The van der Waals surface area contributed by atoms with Crippen LogP contribution < -0.4 is 0 Å². The van der Waals surface area contributed by atoms with E-state index in [2.05, 4.69) is 10.1 Å². The van der Waals surface area contributed by atoms with Crippen LogP contribution in [0.5, 0.6) is 0 Å². The predicted octanol–water partition coefficient (Wildman–Crippen LogP) is 4.95. The molecule has 3 aromatic rings. The van der Waals surface area contributed by atoms with Crippen LogP contribution in [0, 0.1) is 0 Å². The summed E-state index contributed by atoms with van der Waals surface area (Å²) in [4.78, 5) is 16.1. The van der Waals surface area contributed by atoms with E-state index in [0.717, 1.165) is 16.7 Å².